The summed E-state index contributed by atoms with van der Waals surface area (Å²) in [4.78, 5) is 49.1. The molecule has 2 aromatic rings. The van der Waals surface area contributed by atoms with Crippen LogP contribution in [-0.4, -0.2) is 87.9 Å². The van der Waals surface area contributed by atoms with Crippen molar-refractivity contribution >= 4 is 17.9 Å². The highest BCUT2D eigenvalue weighted by atomic mass is 19.2. The minimum absolute atomic E-state index is 0.0578. The molecule has 174 valence electrons. The van der Waals surface area contributed by atoms with Gasteiger partial charge in [0.15, 0.2) is 11.6 Å². The van der Waals surface area contributed by atoms with Crippen molar-refractivity contribution < 1.29 is 27.9 Å². The molecule has 9 nitrogen and oxygen atoms in total. The Balaban J connectivity index is 1.17. The molecule has 1 aromatic carbocycles. The lowest BCUT2D eigenvalue weighted by Gasteiger charge is -2.31. The van der Waals surface area contributed by atoms with E-state index in [9.17, 15) is 23.2 Å². The zero-order valence-corrected chi connectivity index (χ0v) is 18.0. The number of nitrogens with zero attached hydrogens (tertiary/aromatic N) is 4. The van der Waals surface area contributed by atoms with Gasteiger partial charge in [0.1, 0.15) is 11.9 Å². The predicted octanol–water partition coefficient (Wildman–Crippen LogP) is 1.72. The SMILES string of the molecule is CN1C(=O)O[C@H]2CN(C(=O)C(=O)N3CCC(c4ncc(-c5ccc(F)c(F)c5)[nH]4)CC3)C[C@H]21. The summed E-state index contributed by atoms with van der Waals surface area (Å²) in [7, 11) is 1.63. The molecule has 4 heterocycles. The van der Waals surface area contributed by atoms with E-state index < -0.39 is 35.6 Å². The van der Waals surface area contributed by atoms with E-state index in [1.54, 1.807) is 18.1 Å². The van der Waals surface area contributed by atoms with Crippen LogP contribution < -0.4 is 0 Å². The van der Waals surface area contributed by atoms with Crippen molar-refractivity contribution in [3.05, 3.63) is 41.9 Å². The Morgan fingerprint density at radius 3 is 2.52 bits per heavy atom. The van der Waals surface area contributed by atoms with Crippen molar-refractivity contribution in [1.29, 1.82) is 0 Å². The molecule has 0 bridgehead atoms. The molecule has 0 saturated carbocycles. The monoisotopic (exact) mass is 459 g/mol. The molecule has 1 N–H and O–H groups in total. The maximum absolute atomic E-state index is 13.5. The molecule has 3 aliphatic heterocycles. The number of halogens is 2. The fourth-order valence-corrected chi connectivity index (χ4v) is 4.74. The number of aromatic amines is 1. The number of carbonyl (C=O) groups is 3. The molecule has 3 amide bonds. The van der Waals surface area contributed by atoms with Gasteiger partial charge in [0.2, 0.25) is 0 Å². The fourth-order valence-electron chi connectivity index (χ4n) is 4.74. The van der Waals surface area contributed by atoms with Gasteiger partial charge in [-0.15, -0.1) is 0 Å². The number of imidazole rings is 1. The Morgan fingerprint density at radius 2 is 1.82 bits per heavy atom. The summed E-state index contributed by atoms with van der Waals surface area (Å²) in [5, 5.41) is 0. The first kappa shape index (κ1) is 21.4. The van der Waals surface area contributed by atoms with Crippen LogP contribution >= 0.6 is 0 Å². The average molecular weight is 459 g/mol. The molecule has 3 aliphatic rings. The minimum atomic E-state index is -0.924. The van der Waals surface area contributed by atoms with E-state index in [1.165, 1.54) is 15.9 Å². The summed E-state index contributed by atoms with van der Waals surface area (Å²) >= 11 is 0. The van der Waals surface area contributed by atoms with Crippen molar-refractivity contribution in [2.24, 2.45) is 0 Å². The number of H-pyrrole nitrogens is 1. The highest BCUT2D eigenvalue weighted by molar-refractivity contribution is 6.35. The molecule has 3 fully saturated rings. The number of likely N-dealkylation sites (N-methyl/N-ethyl adjacent to an activating group) is 1. The molecule has 5 rings (SSSR count). The standard InChI is InChI=1S/C22H23F2N5O4/c1-27-17-10-29(11-18(17)33-22(27)32)21(31)20(30)28-6-4-12(5-7-28)19-25-9-16(26-19)13-2-3-14(23)15(24)8-13/h2-3,8-9,12,17-18H,4-7,10-11H2,1H3,(H,25,26)/t17-,18+/m1/s1. The third-order valence-corrected chi connectivity index (χ3v) is 6.74. The number of piperidine rings is 1. The first-order valence-corrected chi connectivity index (χ1v) is 10.8. The summed E-state index contributed by atoms with van der Waals surface area (Å²) in [6.07, 6.45) is 2.02. The highest BCUT2D eigenvalue weighted by Gasteiger charge is 2.48. The summed E-state index contributed by atoms with van der Waals surface area (Å²) < 4.78 is 31.9. The first-order chi connectivity index (χ1) is 15.8. The molecule has 0 aliphatic carbocycles. The van der Waals surface area contributed by atoms with Gasteiger partial charge in [0.25, 0.3) is 0 Å². The number of fused-ring (bicyclic) bond motifs is 1. The van der Waals surface area contributed by atoms with Crippen molar-refractivity contribution in [2.75, 3.05) is 33.2 Å². The van der Waals surface area contributed by atoms with E-state index in [0.717, 1.165) is 12.1 Å². The van der Waals surface area contributed by atoms with E-state index in [-0.39, 0.29) is 25.0 Å². The second-order valence-electron chi connectivity index (χ2n) is 8.69. The Hall–Kier alpha value is -3.50. The summed E-state index contributed by atoms with van der Waals surface area (Å²) in [5.74, 6) is -2.19. The summed E-state index contributed by atoms with van der Waals surface area (Å²) in [5.41, 5.74) is 1.08. The summed E-state index contributed by atoms with van der Waals surface area (Å²) in [6, 6.07) is 3.45. The quantitative estimate of drug-likeness (QED) is 0.690. The van der Waals surface area contributed by atoms with Gasteiger partial charge in [-0.25, -0.2) is 18.6 Å². The van der Waals surface area contributed by atoms with Gasteiger partial charge in [0, 0.05) is 38.2 Å². The zero-order valence-electron chi connectivity index (χ0n) is 18.0. The lowest BCUT2D eigenvalue weighted by Crippen LogP contribution is -2.48. The number of carbonyl (C=O) groups excluding carboxylic acids is 3. The first-order valence-electron chi connectivity index (χ1n) is 10.8. The van der Waals surface area contributed by atoms with E-state index in [1.807, 2.05) is 0 Å². The smallest absolute Gasteiger partial charge is 0.410 e. The Bertz CT molecular complexity index is 1110. The molecular formula is C22H23F2N5O4. The van der Waals surface area contributed by atoms with Crippen LogP contribution in [0.25, 0.3) is 11.3 Å². The number of hydrogen-bond acceptors (Lipinski definition) is 5. The topological polar surface area (TPSA) is 98.8 Å². The van der Waals surface area contributed by atoms with Gasteiger partial charge in [-0.05, 0) is 31.0 Å². The van der Waals surface area contributed by atoms with Crippen LogP contribution in [0, 0.1) is 11.6 Å². The van der Waals surface area contributed by atoms with Gasteiger partial charge in [-0.2, -0.15) is 0 Å². The molecule has 11 heteroatoms. The number of benzene rings is 1. The second kappa shape index (κ2) is 8.13. The minimum Gasteiger partial charge on any atom is -0.442 e. The number of nitrogens with one attached hydrogen (secondary N) is 1. The number of hydrogen-bond donors (Lipinski definition) is 1. The van der Waals surface area contributed by atoms with Crippen LogP contribution in [0.5, 0.6) is 0 Å². The maximum atomic E-state index is 13.5. The molecule has 0 unspecified atom stereocenters. The molecule has 2 atom stereocenters. The van der Waals surface area contributed by atoms with Crippen molar-refractivity contribution in [3.8, 4) is 11.3 Å². The number of rotatable bonds is 2. The molecular weight excluding hydrogens is 436 g/mol. The van der Waals surface area contributed by atoms with Crippen molar-refractivity contribution in [3.63, 3.8) is 0 Å². The van der Waals surface area contributed by atoms with E-state index in [2.05, 4.69) is 9.97 Å². The number of aromatic nitrogens is 2. The second-order valence-corrected chi connectivity index (χ2v) is 8.69. The Morgan fingerprint density at radius 1 is 1.09 bits per heavy atom. The third kappa shape index (κ3) is 3.81. The molecule has 33 heavy (non-hydrogen) atoms. The number of amides is 3. The number of likely N-dealkylation sites (tertiary alicyclic amines) is 2. The van der Waals surface area contributed by atoms with Gasteiger partial charge < -0.3 is 24.4 Å². The highest BCUT2D eigenvalue weighted by Crippen LogP contribution is 2.30. The van der Waals surface area contributed by atoms with Crippen LogP contribution in [0.3, 0.4) is 0 Å². The average Bonchev–Trinajstić information content (AvgIpc) is 3.52. The predicted molar refractivity (Wildman–Crippen MR) is 111 cm³/mol. The molecule has 0 spiro atoms. The van der Waals surface area contributed by atoms with Gasteiger partial charge >= 0.3 is 17.9 Å². The van der Waals surface area contributed by atoms with Crippen molar-refractivity contribution in [2.45, 2.75) is 30.9 Å². The lowest BCUT2D eigenvalue weighted by atomic mass is 9.96. The van der Waals surface area contributed by atoms with Gasteiger partial charge in [0.05, 0.1) is 24.5 Å². The molecule has 1 aromatic heterocycles. The van der Waals surface area contributed by atoms with E-state index >= 15 is 0 Å². The zero-order chi connectivity index (χ0) is 23.3. The maximum Gasteiger partial charge on any atom is 0.410 e. The van der Waals surface area contributed by atoms with Crippen LogP contribution in [-0.2, 0) is 14.3 Å². The Kier molecular flexibility index (Phi) is 5.26. The van der Waals surface area contributed by atoms with Crippen LogP contribution in [0.4, 0.5) is 13.6 Å². The molecule has 3 saturated heterocycles. The number of ether oxygens (including phenoxy) is 1. The summed E-state index contributed by atoms with van der Waals surface area (Å²) in [6.45, 7) is 1.33. The van der Waals surface area contributed by atoms with E-state index in [0.29, 0.717) is 43.0 Å². The normalized spacial score (nSPS) is 23.1. The van der Waals surface area contributed by atoms with Crippen LogP contribution in [0.15, 0.2) is 24.4 Å². The Labute approximate surface area is 188 Å². The fraction of sp³-hybridized carbons (Fsp3) is 0.455. The van der Waals surface area contributed by atoms with Crippen molar-refractivity contribution in [1.82, 2.24) is 24.7 Å². The van der Waals surface area contributed by atoms with E-state index in [4.69, 9.17) is 4.74 Å². The molecule has 0 radical (unpaired) electrons. The van der Waals surface area contributed by atoms with Crippen LogP contribution in [0.1, 0.15) is 24.6 Å². The van der Waals surface area contributed by atoms with Crippen LogP contribution in [0.2, 0.25) is 0 Å². The third-order valence-electron chi connectivity index (χ3n) is 6.74. The lowest BCUT2D eigenvalue weighted by molar-refractivity contribution is -0.152. The van der Waals surface area contributed by atoms with Gasteiger partial charge in [-0.1, -0.05) is 0 Å². The van der Waals surface area contributed by atoms with Gasteiger partial charge in [-0.3, -0.25) is 9.59 Å². The largest absolute Gasteiger partial charge is 0.442 e.